The third kappa shape index (κ3) is 4.49. The Morgan fingerprint density at radius 1 is 1.19 bits per heavy atom. The summed E-state index contributed by atoms with van der Waals surface area (Å²) in [6.07, 6.45) is 4.01. The van der Waals surface area contributed by atoms with Gasteiger partial charge in [0.05, 0.1) is 24.2 Å². The van der Waals surface area contributed by atoms with Gasteiger partial charge in [-0.1, -0.05) is 13.8 Å². The molecule has 0 amide bonds. The first kappa shape index (κ1) is 22.2. The van der Waals surface area contributed by atoms with Gasteiger partial charge in [-0.05, 0) is 39.0 Å². The number of hydrogen-bond donors (Lipinski definition) is 3. The van der Waals surface area contributed by atoms with Crippen molar-refractivity contribution < 1.29 is 13.5 Å². The van der Waals surface area contributed by atoms with Crippen molar-refractivity contribution in [1.82, 2.24) is 23.8 Å². The van der Waals surface area contributed by atoms with Crippen molar-refractivity contribution in [1.29, 1.82) is 0 Å². The van der Waals surface area contributed by atoms with E-state index in [2.05, 4.69) is 39.4 Å². The summed E-state index contributed by atoms with van der Waals surface area (Å²) in [6.45, 7) is 9.10. The molecule has 3 heterocycles. The van der Waals surface area contributed by atoms with E-state index in [-0.39, 0.29) is 35.9 Å². The lowest BCUT2D eigenvalue weighted by atomic mass is 10.1. The van der Waals surface area contributed by atoms with Crippen molar-refractivity contribution in [3.8, 4) is 0 Å². The molecule has 2 atom stereocenters. The topological polar surface area (TPSA) is 125 Å². The van der Waals surface area contributed by atoms with E-state index in [4.69, 9.17) is 0 Å². The van der Waals surface area contributed by atoms with Crippen LogP contribution in [-0.4, -0.2) is 74.4 Å². The second kappa shape index (κ2) is 8.51. The molecule has 2 aromatic rings. The average molecular weight is 452 g/mol. The molecule has 3 N–H and O–H groups in total. The number of anilines is 2. The minimum Gasteiger partial charge on any atom is -0.394 e. The summed E-state index contributed by atoms with van der Waals surface area (Å²) in [5.74, 6) is 1.21. The molecular weight excluding hydrogens is 418 g/mol. The summed E-state index contributed by atoms with van der Waals surface area (Å²) in [4.78, 5) is 13.9. The lowest BCUT2D eigenvalue weighted by Gasteiger charge is -2.21. The third-order valence-corrected chi connectivity index (χ3v) is 8.46. The fourth-order valence-electron chi connectivity index (χ4n) is 3.90. The summed E-state index contributed by atoms with van der Waals surface area (Å²) in [5.41, 5.74) is 1.36. The highest BCUT2D eigenvalue weighted by Crippen LogP contribution is 2.33. The van der Waals surface area contributed by atoms with Gasteiger partial charge in [0.15, 0.2) is 17.0 Å². The number of nitrogens with one attached hydrogen (secondary N) is 2. The van der Waals surface area contributed by atoms with Gasteiger partial charge in [0.25, 0.3) is 0 Å². The monoisotopic (exact) mass is 451 g/mol. The number of aliphatic hydroxyl groups is 1. The van der Waals surface area contributed by atoms with Gasteiger partial charge >= 0.3 is 0 Å². The number of aliphatic hydroxyl groups excluding tert-OH is 1. The molecular formula is C20H33N7O3S. The van der Waals surface area contributed by atoms with Crippen LogP contribution < -0.4 is 10.6 Å². The second-order valence-corrected chi connectivity index (χ2v) is 11.4. The summed E-state index contributed by atoms with van der Waals surface area (Å²) >= 11 is 0. The van der Waals surface area contributed by atoms with E-state index >= 15 is 0 Å². The molecule has 0 radical (unpaired) electrons. The van der Waals surface area contributed by atoms with Crippen LogP contribution in [0.2, 0.25) is 0 Å². The summed E-state index contributed by atoms with van der Waals surface area (Å²) in [5, 5.41) is 16.2. The van der Waals surface area contributed by atoms with Gasteiger partial charge in [0.2, 0.25) is 16.0 Å². The maximum absolute atomic E-state index is 12.6. The molecule has 10 nitrogen and oxygen atoms in total. The Morgan fingerprint density at radius 3 is 2.55 bits per heavy atom. The van der Waals surface area contributed by atoms with Crippen LogP contribution in [0.4, 0.5) is 11.8 Å². The molecule has 0 spiro atoms. The Kier molecular flexibility index (Phi) is 6.10. The largest absolute Gasteiger partial charge is 0.394 e. The van der Waals surface area contributed by atoms with Crippen molar-refractivity contribution in [2.24, 2.45) is 5.92 Å². The fourth-order valence-corrected chi connectivity index (χ4v) is 5.80. The van der Waals surface area contributed by atoms with E-state index < -0.39 is 10.0 Å². The zero-order valence-electron chi connectivity index (χ0n) is 18.6. The molecule has 2 aliphatic rings. The van der Waals surface area contributed by atoms with Crippen molar-refractivity contribution in [3.05, 3.63) is 6.33 Å². The van der Waals surface area contributed by atoms with Crippen molar-refractivity contribution >= 4 is 33.0 Å². The van der Waals surface area contributed by atoms with Crippen molar-refractivity contribution in [3.63, 3.8) is 0 Å². The van der Waals surface area contributed by atoms with E-state index in [0.717, 1.165) is 19.3 Å². The molecule has 31 heavy (non-hydrogen) atoms. The highest BCUT2D eigenvalue weighted by molar-refractivity contribution is 7.90. The van der Waals surface area contributed by atoms with Gasteiger partial charge in [-0.25, -0.2) is 13.4 Å². The molecule has 0 bridgehead atoms. The minimum absolute atomic E-state index is 0.0259. The minimum atomic E-state index is -3.18. The second-order valence-electron chi connectivity index (χ2n) is 9.22. The SMILES string of the molecule is CC(C)[C@H](CO)Nc1nc(N[C@H]2CCN(S(=O)(=O)C3CC3)C2)c2ncn(C(C)C)c2n1. The third-order valence-electron chi connectivity index (χ3n) is 6.09. The van der Waals surface area contributed by atoms with Crippen molar-refractivity contribution in [2.75, 3.05) is 30.3 Å². The molecule has 2 fully saturated rings. The number of rotatable bonds is 9. The van der Waals surface area contributed by atoms with Crippen LogP contribution in [-0.2, 0) is 10.0 Å². The lowest BCUT2D eigenvalue weighted by molar-refractivity contribution is 0.248. The average Bonchev–Trinajstić information content (AvgIpc) is 3.32. The molecule has 1 aliphatic carbocycles. The van der Waals surface area contributed by atoms with Crippen LogP contribution in [0.5, 0.6) is 0 Å². The first-order chi connectivity index (χ1) is 14.7. The molecule has 2 aromatic heterocycles. The summed E-state index contributed by atoms with van der Waals surface area (Å²) < 4.78 is 28.7. The van der Waals surface area contributed by atoms with Crippen LogP contribution in [0.25, 0.3) is 11.2 Å². The fraction of sp³-hybridized carbons (Fsp3) is 0.750. The molecule has 1 saturated heterocycles. The Bertz CT molecular complexity index is 1030. The van der Waals surface area contributed by atoms with Gasteiger partial charge in [-0.2, -0.15) is 14.3 Å². The first-order valence-corrected chi connectivity index (χ1v) is 12.6. The van der Waals surface area contributed by atoms with Gasteiger partial charge in [-0.15, -0.1) is 0 Å². The predicted octanol–water partition coefficient (Wildman–Crippen LogP) is 1.81. The number of hydrogen-bond acceptors (Lipinski definition) is 8. The lowest BCUT2D eigenvalue weighted by Crippen LogP contribution is -2.34. The normalized spacial score (nSPS) is 21.3. The number of fused-ring (bicyclic) bond motifs is 1. The van der Waals surface area contributed by atoms with E-state index in [9.17, 15) is 13.5 Å². The highest BCUT2D eigenvalue weighted by atomic mass is 32.2. The zero-order valence-corrected chi connectivity index (χ0v) is 19.4. The Labute approximate surface area is 183 Å². The standard InChI is InChI=1S/C20H33N7O3S/c1-12(2)16(10-28)23-20-24-18(17-19(25-20)27(11-21-17)13(3)4)22-14-7-8-26(9-14)31(29,30)15-5-6-15/h11-16,28H,5-10H2,1-4H3,(H2,22,23,24,25)/t14-,16-/m0/s1. The van der Waals surface area contributed by atoms with Crippen LogP contribution >= 0.6 is 0 Å². The molecule has 11 heteroatoms. The molecule has 1 saturated carbocycles. The van der Waals surface area contributed by atoms with E-state index in [1.54, 1.807) is 10.6 Å². The Balaban J connectivity index is 1.61. The van der Waals surface area contributed by atoms with E-state index in [0.29, 0.717) is 36.0 Å². The predicted molar refractivity (Wildman–Crippen MR) is 121 cm³/mol. The molecule has 1 aliphatic heterocycles. The van der Waals surface area contributed by atoms with Gasteiger partial charge in [-0.3, -0.25) is 0 Å². The number of sulfonamides is 1. The first-order valence-electron chi connectivity index (χ1n) is 11.1. The molecule has 0 unspecified atom stereocenters. The van der Waals surface area contributed by atoms with Gasteiger partial charge in [0, 0.05) is 25.2 Å². The van der Waals surface area contributed by atoms with Crippen LogP contribution in [0, 0.1) is 5.92 Å². The van der Waals surface area contributed by atoms with Crippen molar-refractivity contribution in [2.45, 2.75) is 70.3 Å². The Hall–Kier alpha value is -1.98. The van der Waals surface area contributed by atoms with Crippen LogP contribution in [0.3, 0.4) is 0 Å². The number of imidazole rings is 1. The van der Waals surface area contributed by atoms with Gasteiger partial charge in [0.1, 0.15) is 0 Å². The van der Waals surface area contributed by atoms with Crippen LogP contribution in [0.1, 0.15) is 53.0 Å². The number of aromatic nitrogens is 4. The van der Waals surface area contributed by atoms with Crippen LogP contribution in [0.15, 0.2) is 6.33 Å². The zero-order chi connectivity index (χ0) is 22.3. The molecule has 172 valence electrons. The summed E-state index contributed by atoms with van der Waals surface area (Å²) in [6, 6.07) is -0.0428. The Morgan fingerprint density at radius 2 is 1.94 bits per heavy atom. The number of nitrogens with zero attached hydrogens (tertiary/aromatic N) is 5. The van der Waals surface area contributed by atoms with E-state index in [1.165, 1.54) is 0 Å². The highest BCUT2D eigenvalue weighted by Gasteiger charge is 2.42. The van der Waals surface area contributed by atoms with Gasteiger partial charge < -0.3 is 20.3 Å². The molecule has 0 aromatic carbocycles. The smallest absolute Gasteiger partial charge is 0.227 e. The van der Waals surface area contributed by atoms with E-state index in [1.807, 2.05) is 18.4 Å². The maximum atomic E-state index is 12.6. The maximum Gasteiger partial charge on any atom is 0.227 e. The molecule has 4 rings (SSSR count). The summed E-state index contributed by atoms with van der Waals surface area (Å²) in [7, 11) is -3.18. The quantitative estimate of drug-likeness (QED) is 0.527.